The molecule has 0 amide bonds. The Labute approximate surface area is 111 Å². The Morgan fingerprint density at radius 1 is 1.42 bits per heavy atom. The molecule has 1 aromatic carbocycles. The SMILES string of the molecule is COc1cccc(/C=C(\C=C/S(C)(=O)=O)[N+](=O)[O-])c1. The molecule has 0 unspecified atom stereocenters. The number of allylic oxidation sites excluding steroid dienone is 1. The van der Waals surface area contributed by atoms with Gasteiger partial charge in [0.2, 0.25) is 0 Å². The van der Waals surface area contributed by atoms with Crippen LogP contribution in [0.2, 0.25) is 0 Å². The minimum Gasteiger partial charge on any atom is -0.497 e. The highest BCUT2D eigenvalue weighted by atomic mass is 32.2. The van der Waals surface area contributed by atoms with Gasteiger partial charge in [0.05, 0.1) is 12.0 Å². The van der Waals surface area contributed by atoms with E-state index in [0.717, 1.165) is 17.7 Å². The summed E-state index contributed by atoms with van der Waals surface area (Å²) in [6.07, 6.45) is 3.19. The third-order valence-corrected chi connectivity index (χ3v) is 2.74. The summed E-state index contributed by atoms with van der Waals surface area (Å²) in [6, 6.07) is 6.65. The summed E-state index contributed by atoms with van der Waals surface area (Å²) >= 11 is 0. The Hall–Kier alpha value is -2.15. The average Bonchev–Trinajstić information content (AvgIpc) is 2.33. The lowest BCUT2D eigenvalue weighted by molar-refractivity contribution is -0.417. The first-order chi connectivity index (χ1) is 8.81. The average molecular weight is 283 g/mol. The summed E-state index contributed by atoms with van der Waals surface area (Å²) in [5.74, 6) is 0.559. The molecular weight excluding hydrogens is 270 g/mol. The van der Waals surface area contributed by atoms with Crippen LogP contribution < -0.4 is 4.74 Å². The number of hydrogen-bond donors (Lipinski definition) is 0. The fraction of sp³-hybridized carbons (Fsp3) is 0.167. The third kappa shape index (κ3) is 5.35. The van der Waals surface area contributed by atoms with E-state index in [1.54, 1.807) is 24.3 Å². The van der Waals surface area contributed by atoms with E-state index in [9.17, 15) is 18.5 Å². The lowest BCUT2D eigenvalue weighted by atomic mass is 10.2. The number of sulfone groups is 1. The van der Waals surface area contributed by atoms with Crippen molar-refractivity contribution in [3.05, 3.63) is 57.1 Å². The van der Waals surface area contributed by atoms with Crippen molar-refractivity contribution in [3.8, 4) is 5.75 Å². The summed E-state index contributed by atoms with van der Waals surface area (Å²) in [4.78, 5) is 10.2. The quantitative estimate of drug-likeness (QED) is 0.467. The van der Waals surface area contributed by atoms with Crippen molar-refractivity contribution in [3.63, 3.8) is 0 Å². The number of benzene rings is 1. The van der Waals surface area contributed by atoms with E-state index in [2.05, 4.69) is 0 Å². The van der Waals surface area contributed by atoms with Gasteiger partial charge in [-0.15, -0.1) is 0 Å². The lowest BCUT2D eigenvalue weighted by Crippen LogP contribution is -1.97. The fourth-order valence-corrected chi connectivity index (χ4v) is 1.64. The number of ether oxygens (including phenoxy) is 1. The minimum absolute atomic E-state index is 0.321. The predicted molar refractivity (Wildman–Crippen MR) is 71.9 cm³/mol. The molecule has 0 saturated heterocycles. The van der Waals surface area contributed by atoms with Crippen LogP contribution in [0.25, 0.3) is 6.08 Å². The zero-order valence-corrected chi connectivity index (χ0v) is 11.3. The van der Waals surface area contributed by atoms with Crippen molar-refractivity contribution >= 4 is 15.9 Å². The van der Waals surface area contributed by atoms with Gasteiger partial charge in [-0.3, -0.25) is 10.1 Å². The molecule has 0 fully saturated rings. The number of hydrogen-bond acceptors (Lipinski definition) is 5. The van der Waals surface area contributed by atoms with Crippen molar-refractivity contribution in [1.82, 2.24) is 0 Å². The molecule has 0 aliphatic rings. The van der Waals surface area contributed by atoms with Crippen LogP contribution in [-0.2, 0) is 9.84 Å². The number of nitro groups is 1. The Morgan fingerprint density at radius 3 is 2.63 bits per heavy atom. The van der Waals surface area contributed by atoms with Gasteiger partial charge < -0.3 is 4.74 Å². The van der Waals surface area contributed by atoms with E-state index in [0.29, 0.717) is 11.3 Å². The maximum absolute atomic E-state index is 11.0. The number of rotatable bonds is 5. The zero-order chi connectivity index (χ0) is 14.5. The smallest absolute Gasteiger partial charge is 0.270 e. The Balaban J connectivity index is 3.15. The Morgan fingerprint density at radius 2 is 2.11 bits per heavy atom. The number of methoxy groups -OCH3 is 1. The Bertz CT molecular complexity index is 631. The van der Waals surface area contributed by atoms with Crippen LogP contribution in [0, 0.1) is 10.1 Å². The second kappa shape index (κ2) is 6.14. The molecule has 0 bridgehead atoms. The maximum atomic E-state index is 11.0. The van der Waals surface area contributed by atoms with Crippen LogP contribution in [0.1, 0.15) is 5.56 Å². The molecule has 102 valence electrons. The first kappa shape index (κ1) is 14.9. The third-order valence-electron chi connectivity index (χ3n) is 2.11. The molecule has 0 N–H and O–H groups in total. The van der Waals surface area contributed by atoms with Crippen LogP contribution in [0.15, 0.2) is 41.4 Å². The lowest BCUT2D eigenvalue weighted by Gasteiger charge is -2.00. The summed E-state index contributed by atoms with van der Waals surface area (Å²) in [5, 5.41) is 11.6. The fourth-order valence-electron chi connectivity index (χ4n) is 1.26. The van der Waals surface area contributed by atoms with Crippen molar-refractivity contribution in [2.24, 2.45) is 0 Å². The first-order valence-electron chi connectivity index (χ1n) is 5.20. The molecule has 0 spiro atoms. The highest BCUT2D eigenvalue weighted by Crippen LogP contribution is 2.16. The normalized spacial score (nSPS) is 12.6. The van der Waals surface area contributed by atoms with Crippen molar-refractivity contribution in [1.29, 1.82) is 0 Å². The van der Waals surface area contributed by atoms with E-state index in [-0.39, 0.29) is 5.70 Å². The predicted octanol–water partition coefficient (Wildman–Crippen LogP) is 1.87. The van der Waals surface area contributed by atoms with Gasteiger partial charge in [0, 0.05) is 23.8 Å². The molecule has 1 rings (SSSR count). The van der Waals surface area contributed by atoms with E-state index >= 15 is 0 Å². The van der Waals surface area contributed by atoms with Gasteiger partial charge in [-0.05, 0) is 17.7 Å². The van der Waals surface area contributed by atoms with E-state index in [1.165, 1.54) is 13.2 Å². The second-order valence-corrected chi connectivity index (χ2v) is 5.67. The molecule has 0 saturated carbocycles. The monoisotopic (exact) mass is 283 g/mol. The molecule has 7 heteroatoms. The first-order valence-corrected chi connectivity index (χ1v) is 7.15. The van der Waals surface area contributed by atoms with Gasteiger partial charge in [0.1, 0.15) is 5.75 Å². The van der Waals surface area contributed by atoms with E-state index in [1.807, 2.05) is 0 Å². The minimum atomic E-state index is -3.41. The van der Waals surface area contributed by atoms with Gasteiger partial charge in [0.15, 0.2) is 9.84 Å². The van der Waals surface area contributed by atoms with Gasteiger partial charge >= 0.3 is 0 Å². The summed E-state index contributed by atoms with van der Waals surface area (Å²) in [5.41, 5.74) is 0.225. The zero-order valence-electron chi connectivity index (χ0n) is 10.4. The highest BCUT2D eigenvalue weighted by molar-refractivity contribution is 7.93. The molecule has 0 heterocycles. The molecule has 0 aliphatic carbocycles. The molecule has 19 heavy (non-hydrogen) atoms. The molecule has 0 aromatic heterocycles. The van der Waals surface area contributed by atoms with Crippen molar-refractivity contribution in [2.75, 3.05) is 13.4 Å². The van der Waals surface area contributed by atoms with E-state index < -0.39 is 14.8 Å². The molecule has 0 atom stereocenters. The Kier molecular flexibility index (Phi) is 4.82. The molecule has 0 aliphatic heterocycles. The van der Waals surface area contributed by atoms with Crippen molar-refractivity contribution < 1.29 is 18.1 Å². The van der Waals surface area contributed by atoms with E-state index in [4.69, 9.17) is 4.74 Å². The molecule has 6 nitrogen and oxygen atoms in total. The van der Waals surface area contributed by atoms with Gasteiger partial charge in [-0.25, -0.2) is 8.42 Å². The standard InChI is InChI=1S/C12H13NO5S/c1-18-12-5-3-4-10(9-12)8-11(13(14)15)6-7-19(2,16)17/h3-9H,1-2H3/b7-6-,11-8+. The summed E-state index contributed by atoms with van der Waals surface area (Å²) in [7, 11) is -1.92. The van der Waals surface area contributed by atoms with Crippen molar-refractivity contribution in [2.45, 2.75) is 0 Å². The molecule has 0 radical (unpaired) electrons. The van der Waals surface area contributed by atoms with Gasteiger partial charge in [0.25, 0.3) is 5.70 Å². The highest BCUT2D eigenvalue weighted by Gasteiger charge is 2.08. The van der Waals surface area contributed by atoms with Crippen LogP contribution in [0.4, 0.5) is 0 Å². The molecule has 1 aromatic rings. The topological polar surface area (TPSA) is 86.5 Å². The summed E-state index contributed by atoms with van der Waals surface area (Å²) < 4.78 is 26.9. The number of nitrogens with zero attached hydrogens (tertiary/aromatic N) is 1. The second-order valence-electron chi connectivity index (χ2n) is 3.74. The van der Waals surface area contributed by atoms with Crippen LogP contribution in [0.3, 0.4) is 0 Å². The molecular formula is C12H13NO5S. The van der Waals surface area contributed by atoms with Gasteiger partial charge in [-0.1, -0.05) is 12.1 Å². The largest absolute Gasteiger partial charge is 0.497 e. The summed E-state index contributed by atoms with van der Waals surface area (Å²) in [6.45, 7) is 0. The van der Waals surface area contributed by atoms with Gasteiger partial charge in [-0.2, -0.15) is 0 Å². The van der Waals surface area contributed by atoms with Crippen LogP contribution >= 0.6 is 0 Å². The maximum Gasteiger partial charge on any atom is 0.270 e. The van der Waals surface area contributed by atoms with Crippen LogP contribution in [-0.4, -0.2) is 26.7 Å². The van der Waals surface area contributed by atoms with Crippen LogP contribution in [0.5, 0.6) is 5.75 Å².